The van der Waals surface area contributed by atoms with Gasteiger partial charge in [-0.2, -0.15) is 4.98 Å². The lowest BCUT2D eigenvalue weighted by molar-refractivity contribution is -0.137. The van der Waals surface area contributed by atoms with Crippen molar-refractivity contribution < 1.29 is 18.8 Å². The summed E-state index contributed by atoms with van der Waals surface area (Å²) in [4.78, 5) is 18.2. The summed E-state index contributed by atoms with van der Waals surface area (Å²) in [6.45, 7) is 6.40. The van der Waals surface area contributed by atoms with Crippen molar-refractivity contribution in [2.75, 3.05) is 32.9 Å². The van der Waals surface area contributed by atoms with Gasteiger partial charge in [0.15, 0.2) is 12.4 Å². The molecule has 24 heavy (non-hydrogen) atoms. The maximum absolute atomic E-state index is 12.1. The smallest absolute Gasteiger partial charge is 0.260 e. The minimum Gasteiger partial charge on any atom is -0.484 e. The van der Waals surface area contributed by atoms with Crippen LogP contribution in [0.1, 0.15) is 25.6 Å². The molecule has 2 heterocycles. The van der Waals surface area contributed by atoms with Gasteiger partial charge < -0.3 is 18.9 Å². The van der Waals surface area contributed by atoms with E-state index < -0.39 is 0 Å². The fourth-order valence-electron chi connectivity index (χ4n) is 2.35. The Labute approximate surface area is 140 Å². The molecule has 0 saturated carbocycles. The predicted octanol–water partition coefficient (Wildman–Crippen LogP) is 2.10. The molecule has 0 bridgehead atoms. The summed E-state index contributed by atoms with van der Waals surface area (Å²) in [6.07, 6.45) is 0. The summed E-state index contributed by atoms with van der Waals surface area (Å²) in [5.74, 6) is 1.87. The van der Waals surface area contributed by atoms with E-state index in [0.717, 1.165) is 5.56 Å². The summed E-state index contributed by atoms with van der Waals surface area (Å²) in [5, 5.41) is 3.96. The zero-order chi connectivity index (χ0) is 16.9. The average Bonchev–Trinajstić information content (AvgIpc) is 3.11. The summed E-state index contributed by atoms with van der Waals surface area (Å²) < 4.78 is 16.1. The number of carbonyl (C=O) groups excluding carboxylic acids is 1. The van der Waals surface area contributed by atoms with Gasteiger partial charge in [0.25, 0.3) is 11.8 Å². The summed E-state index contributed by atoms with van der Waals surface area (Å²) in [7, 11) is 0. The molecule has 1 saturated heterocycles. The van der Waals surface area contributed by atoms with Gasteiger partial charge in [0.1, 0.15) is 5.75 Å². The summed E-state index contributed by atoms with van der Waals surface area (Å²) in [6, 6.07) is 7.30. The molecule has 3 rings (SSSR count). The second-order valence-electron chi connectivity index (χ2n) is 5.92. The zero-order valence-electron chi connectivity index (χ0n) is 13.9. The van der Waals surface area contributed by atoms with E-state index in [2.05, 4.69) is 10.1 Å². The van der Waals surface area contributed by atoms with Gasteiger partial charge in [-0.25, -0.2) is 0 Å². The van der Waals surface area contributed by atoms with Crippen molar-refractivity contribution in [3.8, 4) is 17.2 Å². The van der Waals surface area contributed by atoms with E-state index in [9.17, 15) is 4.79 Å². The number of benzene rings is 1. The van der Waals surface area contributed by atoms with Crippen molar-refractivity contribution in [2.24, 2.45) is 0 Å². The molecule has 0 N–H and O–H groups in total. The zero-order valence-corrected chi connectivity index (χ0v) is 13.9. The molecule has 128 valence electrons. The first kappa shape index (κ1) is 16.4. The van der Waals surface area contributed by atoms with Crippen molar-refractivity contribution in [1.82, 2.24) is 15.0 Å². The number of carbonyl (C=O) groups is 1. The highest BCUT2D eigenvalue weighted by Gasteiger charge is 2.17. The number of amides is 1. The Balaban J connectivity index is 1.63. The molecule has 1 aliphatic heterocycles. The van der Waals surface area contributed by atoms with Crippen molar-refractivity contribution in [3.05, 3.63) is 30.1 Å². The van der Waals surface area contributed by atoms with Crippen LogP contribution in [0.25, 0.3) is 11.5 Å². The van der Waals surface area contributed by atoms with Crippen molar-refractivity contribution in [2.45, 2.75) is 19.8 Å². The van der Waals surface area contributed by atoms with E-state index in [1.807, 2.05) is 26.0 Å². The summed E-state index contributed by atoms with van der Waals surface area (Å²) in [5.41, 5.74) is 0.769. The third-order valence-corrected chi connectivity index (χ3v) is 3.77. The van der Waals surface area contributed by atoms with Crippen LogP contribution in [0.5, 0.6) is 5.75 Å². The van der Waals surface area contributed by atoms with Crippen molar-refractivity contribution in [3.63, 3.8) is 0 Å². The molecule has 1 aliphatic rings. The Morgan fingerprint density at radius 1 is 1.33 bits per heavy atom. The number of hydrogen-bond donors (Lipinski definition) is 0. The first-order chi connectivity index (χ1) is 11.6. The van der Waals surface area contributed by atoms with Crippen LogP contribution < -0.4 is 4.74 Å². The molecule has 1 amide bonds. The lowest BCUT2D eigenvalue weighted by Gasteiger charge is -2.26. The second kappa shape index (κ2) is 7.44. The van der Waals surface area contributed by atoms with Gasteiger partial charge in [0.2, 0.25) is 0 Å². The standard InChI is InChI=1S/C17H21N3O4/c1-12(2)16-18-17(24-19-16)13-4-3-5-14(10-13)23-11-15(21)20-6-8-22-9-7-20/h3-5,10,12H,6-9,11H2,1-2H3. The third-order valence-electron chi connectivity index (χ3n) is 3.77. The van der Waals surface area contributed by atoms with E-state index in [4.69, 9.17) is 14.0 Å². The molecule has 0 atom stereocenters. The molecule has 7 nitrogen and oxygen atoms in total. The Hall–Kier alpha value is -2.41. The SMILES string of the molecule is CC(C)c1noc(-c2cccc(OCC(=O)N3CCOCC3)c2)n1. The molecular weight excluding hydrogens is 310 g/mol. The molecule has 7 heteroatoms. The fourth-order valence-corrected chi connectivity index (χ4v) is 2.35. The maximum atomic E-state index is 12.1. The van der Waals surface area contributed by atoms with Crippen molar-refractivity contribution in [1.29, 1.82) is 0 Å². The Morgan fingerprint density at radius 3 is 2.83 bits per heavy atom. The molecular formula is C17H21N3O4. The van der Waals surface area contributed by atoms with Crippen LogP contribution in [-0.2, 0) is 9.53 Å². The minimum absolute atomic E-state index is 0.00449. The molecule has 0 spiro atoms. The number of ether oxygens (including phenoxy) is 2. The maximum Gasteiger partial charge on any atom is 0.260 e. The molecule has 0 unspecified atom stereocenters. The number of aromatic nitrogens is 2. The van der Waals surface area contributed by atoms with Crippen LogP contribution in [0.2, 0.25) is 0 Å². The van der Waals surface area contributed by atoms with E-state index in [-0.39, 0.29) is 18.4 Å². The number of hydrogen-bond acceptors (Lipinski definition) is 6. The van der Waals surface area contributed by atoms with Crippen LogP contribution in [0.3, 0.4) is 0 Å². The molecule has 1 fully saturated rings. The van der Waals surface area contributed by atoms with E-state index in [0.29, 0.717) is 43.8 Å². The van der Waals surface area contributed by atoms with Crippen LogP contribution in [0.15, 0.2) is 28.8 Å². The predicted molar refractivity (Wildman–Crippen MR) is 86.7 cm³/mol. The quantitative estimate of drug-likeness (QED) is 0.835. The largest absolute Gasteiger partial charge is 0.484 e. The van der Waals surface area contributed by atoms with E-state index in [1.165, 1.54) is 0 Å². The fraction of sp³-hybridized carbons (Fsp3) is 0.471. The van der Waals surface area contributed by atoms with Crippen LogP contribution in [0.4, 0.5) is 0 Å². The lowest BCUT2D eigenvalue weighted by atomic mass is 10.2. The number of nitrogens with zero attached hydrogens (tertiary/aromatic N) is 3. The van der Waals surface area contributed by atoms with Gasteiger partial charge in [-0.1, -0.05) is 25.1 Å². The monoisotopic (exact) mass is 331 g/mol. The minimum atomic E-state index is -0.0383. The van der Waals surface area contributed by atoms with Gasteiger partial charge in [-0.3, -0.25) is 4.79 Å². The molecule has 0 aliphatic carbocycles. The van der Waals surface area contributed by atoms with E-state index in [1.54, 1.807) is 17.0 Å². The highest BCUT2D eigenvalue weighted by Crippen LogP contribution is 2.24. The number of rotatable bonds is 5. The molecule has 0 radical (unpaired) electrons. The Morgan fingerprint density at radius 2 is 2.12 bits per heavy atom. The highest BCUT2D eigenvalue weighted by atomic mass is 16.5. The van der Waals surface area contributed by atoms with E-state index >= 15 is 0 Å². The lowest BCUT2D eigenvalue weighted by Crippen LogP contribution is -2.42. The summed E-state index contributed by atoms with van der Waals surface area (Å²) >= 11 is 0. The van der Waals surface area contributed by atoms with Gasteiger partial charge in [-0.05, 0) is 18.2 Å². The first-order valence-electron chi connectivity index (χ1n) is 8.06. The molecule has 2 aromatic rings. The van der Waals surface area contributed by atoms with Gasteiger partial charge in [-0.15, -0.1) is 0 Å². The van der Waals surface area contributed by atoms with Crippen LogP contribution in [-0.4, -0.2) is 53.9 Å². The molecule has 1 aromatic heterocycles. The van der Waals surface area contributed by atoms with Gasteiger partial charge in [0.05, 0.1) is 13.2 Å². The topological polar surface area (TPSA) is 77.7 Å². The Kier molecular flexibility index (Phi) is 5.10. The van der Waals surface area contributed by atoms with Gasteiger partial charge in [0, 0.05) is 24.6 Å². The average molecular weight is 331 g/mol. The second-order valence-corrected chi connectivity index (χ2v) is 5.92. The molecule has 1 aromatic carbocycles. The van der Waals surface area contributed by atoms with Gasteiger partial charge >= 0.3 is 0 Å². The first-order valence-corrected chi connectivity index (χ1v) is 8.06. The van der Waals surface area contributed by atoms with Crippen LogP contribution in [0, 0.1) is 0 Å². The Bertz CT molecular complexity index is 693. The normalized spacial score (nSPS) is 14.9. The third kappa shape index (κ3) is 3.91. The van der Waals surface area contributed by atoms with Crippen LogP contribution >= 0.6 is 0 Å². The van der Waals surface area contributed by atoms with Crippen molar-refractivity contribution >= 4 is 5.91 Å². The highest BCUT2D eigenvalue weighted by molar-refractivity contribution is 5.77. The number of morpholine rings is 1.